The maximum absolute atomic E-state index is 4.19. The van der Waals surface area contributed by atoms with Crippen molar-refractivity contribution in [2.45, 2.75) is 13.3 Å². The number of anilines is 1. The SMILES string of the molecule is C=CCCNc1nccc(C)n1. The quantitative estimate of drug-likeness (QED) is 0.543. The van der Waals surface area contributed by atoms with Crippen LogP contribution < -0.4 is 5.32 Å². The lowest BCUT2D eigenvalue weighted by molar-refractivity contribution is 1.00. The Hall–Kier alpha value is -1.38. The monoisotopic (exact) mass is 163 g/mol. The fourth-order valence-electron chi connectivity index (χ4n) is 0.820. The van der Waals surface area contributed by atoms with Gasteiger partial charge in [-0.3, -0.25) is 0 Å². The minimum absolute atomic E-state index is 0.692. The van der Waals surface area contributed by atoms with Crippen LogP contribution in [0.15, 0.2) is 24.9 Å². The first-order valence-corrected chi connectivity index (χ1v) is 3.97. The molecule has 0 spiro atoms. The second-order valence-corrected chi connectivity index (χ2v) is 2.53. The zero-order valence-electron chi connectivity index (χ0n) is 7.25. The number of hydrogen-bond acceptors (Lipinski definition) is 3. The summed E-state index contributed by atoms with van der Waals surface area (Å²) in [5.41, 5.74) is 0.978. The van der Waals surface area contributed by atoms with Crippen molar-refractivity contribution < 1.29 is 0 Å². The van der Waals surface area contributed by atoms with Crippen molar-refractivity contribution in [1.82, 2.24) is 9.97 Å². The summed E-state index contributed by atoms with van der Waals surface area (Å²) in [5.74, 6) is 0.692. The molecule has 1 N–H and O–H groups in total. The van der Waals surface area contributed by atoms with Crippen LogP contribution in [0.5, 0.6) is 0 Å². The Labute approximate surface area is 72.6 Å². The predicted octanol–water partition coefficient (Wildman–Crippen LogP) is 1.77. The van der Waals surface area contributed by atoms with E-state index in [-0.39, 0.29) is 0 Å². The molecule has 12 heavy (non-hydrogen) atoms. The lowest BCUT2D eigenvalue weighted by Crippen LogP contribution is -2.04. The van der Waals surface area contributed by atoms with Gasteiger partial charge in [0.15, 0.2) is 0 Å². The third kappa shape index (κ3) is 2.70. The molecule has 0 aliphatic heterocycles. The molecule has 0 saturated heterocycles. The molecule has 0 unspecified atom stereocenters. The Balaban J connectivity index is 2.46. The molecule has 0 aromatic carbocycles. The van der Waals surface area contributed by atoms with Crippen LogP contribution in [0.4, 0.5) is 5.95 Å². The van der Waals surface area contributed by atoms with Crippen LogP contribution in [0.1, 0.15) is 12.1 Å². The number of rotatable bonds is 4. The third-order valence-electron chi connectivity index (χ3n) is 1.43. The molecule has 0 bridgehead atoms. The van der Waals surface area contributed by atoms with Crippen LogP contribution in [0.3, 0.4) is 0 Å². The summed E-state index contributed by atoms with van der Waals surface area (Å²) in [7, 11) is 0. The fraction of sp³-hybridized carbons (Fsp3) is 0.333. The van der Waals surface area contributed by atoms with E-state index in [0.29, 0.717) is 5.95 Å². The van der Waals surface area contributed by atoms with E-state index in [1.807, 2.05) is 19.1 Å². The normalized spacial score (nSPS) is 9.42. The molecular formula is C9H13N3. The molecule has 3 heteroatoms. The molecule has 1 rings (SSSR count). The Morgan fingerprint density at radius 1 is 1.67 bits per heavy atom. The van der Waals surface area contributed by atoms with E-state index in [1.165, 1.54) is 0 Å². The van der Waals surface area contributed by atoms with Gasteiger partial charge in [-0.15, -0.1) is 6.58 Å². The van der Waals surface area contributed by atoms with Crippen molar-refractivity contribution in [2.75, 3.05) is 11.9 Å². The number of nitrogens with zero attached hydrogens (tertiary/aromatic N) is 2. The zero-order chi connectivity index (χ0) is 8.81. The summed E-state index contributed by atoms with van der Waals surface area (Å²) >= 11 is 0. The maximum atomic E-state index is 4.19. The van der Waals surface area contributed by atoms with Gasteiger partial charge in [0.05, 0.1) is 0 Å². The molecule has 1 aromatic heterocycles. The van der Waals surface area contributed by atoms with Gasteiger partial charge in [-0.2, -0.15) is 0 Å². The number of nitrogens with one attached hydrogen (secondary N) is 1. The van der Waals surface area contributed by atoms with Crippen LogP contribution in [0.25, 0.3) is 0 Å². The first-order chi connectivity index (χ1) is 5.83. The molecule has 0 radical (unpaired) electrons. The molecule has 1 heterocycles. The highest BCUT2D eigenvalue weighted by atomic mass is 15.1. The summed E-state index contributed by atoms with van der Waals surface area (Å²) in [4.78, 5) is 8.24. The second-order valence-electron chi connectivity index (χ2n) is 2.53. The van der Waals surface area contributed by atoms with Crippen molar-refractivity contribution in [3.05, 3.63) is 30.6 Å². The molecule has 64 valence electrons. The number of hydrogen-bond donors (Lipinski definition) is 1. The van der Waals surface area contributed by atoms with Crippen LogP contribution >= 0.6 is 0 Å². The number of aryl methyl sites for hydroxylation is 1. The van der Waals surface area contributed by atoms with Crippen molar-refractivity contribution in [2.24, 2.45) is 0 Å². The first-order valence-electron chi connectivity index (χ1n) is 3.97. The van der Waals surface area contributed by atoms with Crippen molar-refractivity contribution >= 4 is 5.95 Å². The van der Waals surface area contributed by atoms with E-state index >= 15 is 0 Å². The Kier molecular flexibility index (Phi) is 3.26. The summed E-state index contributed by atoms with van der Waals surface area (Å²) in [5, 5.41) is 3.09. The summed E-state index contributed by atoms with van der Waals surface area (Å²) in [6.07, 6.45) is 4.54. The molecule has 0 fully saturated rings. The van der Waals surface area contributed by atoms with E-state index in [2.05, 4.69) is 21.9 Å². The van der Waals surface area contributed by atoms with Gasteiger partial charge in [0.1, 0.15) is 0 Å². The van der Waals surface area contributed by atoms with Crippen LogP contribution in [0, 0.1) is 6.92 Å². The van der Waals surface area contributed by atoms with E-state index in [0.717, 1.165) is 18.7 Å². The first kappa shape index (κ1) is 8.71. The summed E-state index contributed by atoms with van der Waals surface area (Å²) in [6.45, 7) is 6.41. The molecule has 0 saturated carbocycles. The Morgan fingerprint density at radius 3 is 3.17 bits per heavy atom. The molecule has 3 nitrogen and oxygen atoms in total. The Morgan fingerprint density at radius 2 is 2.50 bits per heavy atom. The van der Waals surface area contributed by atoms with Crippen molar-refractivity contribution in [3.8, 4) is 0 Å². The Bertz CT molecular complexity index is 258. The maximum Gasteiger partial charge on any atom is 0.222 e. The minimum atomic E-state index is 0.692. The highest BCUT2D eigenvalue weighted by Gasteiger charge is 1.92. The third-order valence-corrected chi connectivity index (χ3v) is 1.43. The van der Waals surface area contributed by atoms with Gasteiger partial charge in [0, 0.05) is 18.4 Å². The lowest BCUT2D eigenvalue weighted by Gasteiger charge is -2.01. The smallest absolute Gasteiger partial charge is 0.222 e. The fourth-order valence-corrected chi connectivity index (χ4v) is 0.820. The zero-order valence-corrected chi connectivity index (χ0v) is 7.25. The molecule has 0 aliphatic carbocycles. The van der Waals surface area contributed by atoms with E-state index < -0.39 is 0 Å². The van der Waals surface area contributed by atoms with Gasteiger partial charge in [0.25, 0.3) is 0 Å². The average Bonchev–Trinajstić information content (AvgIpc) is 2.05. The van der Waals surface area contributed by atoms with Crippen LogP contribution in [0.2, 0.25) is 0 Å². The minimum Gasteiger partial charge on any atom is -0.354 e. The second kappa shape index (κ2) is 4.49. The summed E-state index contributed by atoms with van der Waals surface area (Å²) in [6, 6.07) is 1.87. The molecular weight excluding hydrogens is 150 g/mol. The van der Waals surface area contributed by atoms with Gasteiger partial charge < -0.3 is 5.32 Å². The molecule has 0 atom stereocenters. The van der Waals surface area contributed by atoms with Gasteiger partial charge in [-0.05, 0) is 19.4 Å². The van der Waals surface area contributed by atoms with E-state index in [1.54, 1.807) is 6.20 Å². The highest BCUT2D eigenvalue weighted by Crippen LogP contribution is 1.98. The van der Waals surface area contributed by atoms with Gasteiger partial charge >= 0.3 is 0 Å². The standard InChI is InChI=1S/C9H13N3/c1-3-4-6-10-9-11-7-5-8(2)12-9/h3,5,7H,1,4,6H2,2H3,(H,10,11,12). The van der Waals surface area contributed by atoms with Crippen LogP contribution in [-0.2, 0) is 0 Å². The topological polar surface area (TPSA) is 37.8 Å². The van der Waals surface area contributed by atoms with Crippen molar-refractivity contribution in [1.29, 1.82) is 0 Å². The van der Waals surface area contributed by atoms with E-state index in [9.17, 15) is 0 Å². The number of aromatic nitrogens is 2. The average molecular weight is 163 g/mol. The van der Waals surface area contributed by atoms with Gasteiger partial charge in [0.2, 0.25) is 5.95 Å². The molecule has 0 amide bonds. The van der Waals surface area contributed by atoms with E-state index in [4.69, 9.17) is 0 Å². The van der Waals surface area contributed by atoms with Gasteiger partial charge in [-0.1, -0.05) is 6.08 Å². The highest BCUT2D eigenvalue weighted by molar-refractivity contribution is 5.24. The predicted molar refractivity (Wildman–Crippen MR) is 50.1 cm³/mol. The largest absolute Gasteiger partial charge is 0.354 e. The lowest BCUT2D eigenvalue weighted by atomic mass is 10.4. The summed E-state index contributed by atoms with van der Waals surface area (Å²) < 4.78 is 0. The van der Waals surface area contributed by atoms with Crippen molar-refractivity contribution in [3.63, 3.8) is 0 Å². The van der Waals surface area contributed by atoms with Gasteiger partial charge in [-0.25, -0.2) is 9.97 Å². The molecule has 1 aromatic rings. The molecule has 0 aliphatic rings. The van der Waals surface area contributed by atoms with Crippen LogP contribution in [-0.4, -0.2) is 16.5 Å².